The van der Waals surface area contributed by atoms with Gasteiger partial charge in [-0.05, 0) is 30.7 Å². The molecule has 0 aromatic heterocycles. The Balaban J connectivity index is 2.29. The van der Waals surface area contributed by atoms with Gasteiger partial charge in [-0.3, -0.25) is 9.69 Å². The Labute approximate surface area is 99.0 Å². The van der Waals surface area contributed by atoms with E-state index in [1.165, 1.54) is 4.90 Å². The number of hydrogen-bond acceptors (Lipinski definition) is 3. The Bertz CT molecular complexity index is 442. The van der Waals surface area contributed by atoms with Crippen LogP contribution in [0.4, 0.5) is 11.4 Å². The molecular formula is C12H14N2O3. The van der Waals surface area contributed by atoms with Gasteiger partial charge in [-0.25, -0.2) is 4.79 Å². The molecule has 0 aliphatic carbocycles. The first-order chi connectivity index (χ1) is 8.13. The maximum Gasteiger partial charge on any atom is 0.326 e. The van der Waals surface area contributed by atoms with Gasteiger partial charge in [0.1, 0.15) is 6.04 Å². The minimum absolute atomic E-state index is 0.130. The van der Waals surface area contributed by atoms with Crippen molar-refractivity contribution in [1.82, 2.24) is 0 Å². The van der Waals surface area contributed by atoms with E-state index in [4.69, 9.17) is 5.11 Å². The first-order valence-electron chi connectivity index (χ1n) is 5.46. The fourth-order valence-electron chi connectivity index (χ4n) is 2.03. The number of carbonyl (C=O) groups excluding carboxylic acids is 1. The van der Waals surface area contributed by atoms with Crippen molar-refractivity contribution < 1.29 is 14.7 Å². The number of carbonyl (C=O) groups is 2. The average Bonchev–Trinajstić information content (AvgIpc) is 2.71. The average molecular weight is 234 g/mol. The normalized spacial score (nSPS) is 19.5. The lowest BCUT2D eigenvalue weighted by atomic mass is 10.2. The van der Waals surface area contributed by atoms with Gasteiger partial charge in [-0.15, -0.1) is 0 Å². The molecule has 1 aromatic rings. The molecule has 5 nitrogen and oxygen atoms in total. The maximum atomic E-state index is 11.7. The Morgan fingerprint density at radius 2 is 2.06 bits per heavy atom. The second kappa shape index (κ2) is 4.45. The van der Waals surface area contributed by atoms with Crippen LogP contribution in [0.15, 0.2) is 24.3 Å². The van der Waals surface area contributed by atoms with Crippen LogP contribution in [0.3, 0.4) is 0 Å². The zero-order chi connectivity index (χ0) is 12.4. The van der Waals surface area contributed by atoms with Gasteiger partial charge in [0.15, 0.2) is 0 Å². The first-order valence-corrected chi connectivity index (χ1v) is 5.46. The summed E-state index contributed by atoms with van der Waals surface area (Å²) in [6.45, 7) is 0. The number of nitrogens with one attached hydrogen (secondary N) is 1. The third-order valence-electron chi connectivity index (χ3n) is 2.93. The molecule has 1 aliphatic rings. The van der Waals surface area contributed by atoms with Gasteiger partial charge in [-0.2, -0.15) is 0 Å². The smallest absolute Gasteiger partial charge is 0.326 e. The number of aliphatic carboxylic acids is 1. The summed E-state index contributed by atoms with van der Waals surface area (Å²) in [6.07, 6.45) is 0.673. The van der Waals surface area contributed by atoms with Crippen LogP contribution in [-0.2, 0) is 9.59 Å². The maximum absolute atomic E-state index is 11.7. The van der Waals surface area contributed by atoms with Gasteiger partial charge in [0, 0.05) is 24.8 Å². The molecule has 0 radical (unpaired) electrons. The van der Waals surface area contributed by atoms with E-state index >= 15 is 0 Å². The Morgan fingerprint density at radius 1 is 1.41 bits per heavy atom. The van der Waals surface area contributed by atoms with Gasteiger partial charge in [-0.1, -0.05) is 0 Å². The number of rotatable bonds is 3. The first kappa shape index (κ1) is 11.4. The van der Waals surface area contributed by atoms with Crippen LogP contribution in [0.25, 0.3) is 0 Å². The number of carboxylic acids is 1. The Kier molecular flexibility index (Phi) is 2.99. The molecule has 1 amide bonds. The number of hydrogen-bond donors (Lipinski definition) is 2. The van der Waals surface area contributed by atoms with Gasteiger partial charge in [0.2, 0.25) is 5.91 Å². The fourth-order valence-corrected chi connectivity index (χ4v) is 2.03. The second-order valence-electron chi connectivity index (χ2n) is 3.95. The molecule has 0 spiro atoms. The molecular weight excluding hydrogens is 220 g/mol. The van der Waals surface area contributed by atoms with Crippen LogP contribution in [-0.4, -0.2) is 30.1 Å². The van der Waals surface area contributed by atoms with Crippen molar-refractivity contribution >= 4 is 23.3 Å². The molecule has 2 N–H and O–H groups in total. The molecule has 1 atom stereocenters. The van der Waals surface area contributed by atoms with E-state index in [2.05, 4.69) is 5.32 Å². The molecule has 1 aliphatic heterocycles. The van der Waals surface area contributed by atoms with E-state index in [0.717, 1.165) is 5.69 Å². The lowest BCUT2D eigenvalue weighted by molar-refractivity contribution is -0.138. The lowest BCUT2D eigenvalue weighted by Gasteiger charge is -2.21. The number of carboxylic acid groups (broad SMARTS) is 1. The van der Waals surface area contributed by atoms with Gasteiger partial charge in [0.05, 0.1) is 0 Å². The van der Waals surface area contributed by atoms with Crippen molar-refractivity contribution in [2.24, 2.45) is 0 Å². The highest BCUT2D eigenvalue weighted by Crippen LogP contribution is 2.27. The summed E-state index contributed by atoms with van der Waals surface area (Å²) in [4.78, 5) is 24.1. The highest BCUT2D eigenvalue weighted by molar-refractivity contribution is 6.02. The zero-order valence-electron chi connectivity index (χ0n) is 9.51. The summed E-state index contributed by atoms with van der Waals surface area (Å²) in [5.74, 6) is -1.08. The summed E-state index contributed by atoms with van der Waals surface area (Å²) >= 11 is 0. The van der Waals surface area contributed by atoms with E-state index in [-0.39, 0.29) is 5.91 Å². The van der Waals surface area contributed by atoms with Crippen LogP contribution < -0.4 is 10.2 Å². The van der Waals surface area contributed by atoms with Crippen molar-refractivity contribution in [3.8, 4) is 0 Å². The monoisotopic (exact) mass is 234 g/mol. The van der Waals surface area contributed by atoms with Crippen molar-refractivity contribution in [2.45, 2.75) is 18.9 Å². The second-order valence-corrected chi connectivity index (χ2v) is 3.95. The standard InChI is InChI=1S/C12H14N2O3/c1-13-8-2-4-9(5-3-8)14-10(12(16)17)6-7-11(14)15/h2-5,10,13H,6-7H2,1H3,(H,16,17)/t10-/m0/s1. The van der Waals surface area contributed by atoms with Crippen molar-refractivity contribution in [2.75, 3.05) is 17.3 Å². The minimum atomic E-state index is -0.950. The summed E-state index contributed by atoms with van der Waals surface area (Å²) in [5, 5.41) is 12.0. The van der Waals surface area contributed by atoms with Crippen molar-refractivity contribution in [3.05, 3.63) is 24.3 Å². The Hall–Kier alpha value is -2.04. The molecule has 90 valence electrons. The van der Waals surface area contributed by atoms with E-state index in [9.17, 15) is 9.59 Å². The molecule has 1 heterocycles. The predicted octanol–water partition coefficient (Wildman–Crippen LogP) is 1.31. The highest BCUT2D eigenvalue weighted by Gasteiger charge is 2.36. The SMILES string of the molecule is CNc1ccc(N2C(=O)CC[C@H]2C(=O)O)cc1. The number of nitrogens with zero attached hydrogens (tertiary/aromatic N) is 1. The molecule has 5 heteroatoms. The topological polar surface area (TPSA) is 69.6 Å². The number of benzene rings is 1. The highest BCUT2D eigenvalue weighted by atomic mass is 16.4. The van der Waals surface area contributed by atoms with Crippen molar-refractivity contribution in [1.29, 1.82) is 0 Å². The molecule has 0 bridgehead atoms. The summed E-state index contributed by atoms with van der Waals surface area (Å²) < 4.78 is 0. The largest absolute Gasteiger partial charge is 0.480 e. The summed E-state index contributed by atoms with van der Waals surface area (Å²) in [5.41, 5.74) is 1.56. The quantitative estimate of drug-likeness (QED) is 0.827. The van der Waals surface area contributed by atoms with Gasteiger partial charge >= 0.3 is 5.97 Å². The molecule has 17 heavy (non-hydrogen) atoms. The van der Waals surface area contributed by atoms with E-state index in [1.54, 1.807) is 19.2 Å². The molecule has 0 unspecified atom stereocenters. The number of amides is 1. The summed E-state index contributed by atoms with van der Waals surface area (Å²) in [7, 11) is 1.80. The molecule has 2 rings (SSSR count). The van der Waals surface area contributed by atoms with Crippen LogP contribution in [0.2, 0.25) is 0 Å². The fraction of sp³-hybridized carbons (Fsp3) is 0.333. The van der Waals surface area contributed by atoms with E-state index in [0.29, 0.717) is 18.5 Å². The van der Waals surface area contributed by atoms with Crippen LogP contribution in [0.5, 0.6) is 0 Å². The van der Waals surface area contributed by atoms with Gasteiger partial charge < -0.3 is 10.4 Å². The van der Waals surface area contributed by atoms with Crippen LogP contribution >= 0.6 is 0 Å². The predicted molar refractivity (Wildman–Crippen MR) is 64.1 cm³/mol. The zero-order valence-corrected chi connectivity index (χ0v) is 9.51. The minimum Gasteiger partial charge on any atom is -0.480 e. The third-order valence-corrected chi connectivity index (χ3v) is 2.93. The molecule has 1 aromatic carbocycles. The Morgan fingerprint density at radius 3 is 2.59 bits per heavy atom. The lowest BCUT2D eigenvalue weighted by Crippen LogP contribution is -2.38. The summed E-state index contributed by atoms with van der Waals surface area (Å²) in [6, 6.07) is 6.42. The number of anilines is 2. The molecule has 0 saturated carbocycles. The van der Waals surface area contributed by atoms with Crippen molar-refractivity contribution in [3.63, 3.8) is 0 Å². The van der Waals surface area contributed by atoms with Crippen LogP contribution in [0, 0.1) is 0 Å². The molecule has 1 saturated heterocycles. The third kappa shape index (κ3) is 2.08. The van der Waals surface area contributed by atoms with Crippen LogP contribution in [0.1, 0.15) is 12.8 Å². The molecule has 1 fully saturated rings. The van der Waals surface area contributed by atoms with E-state index < -0.39 is 12.0 Å². The van der Waals surface area contributed by atoms with Gasteiger partial charge in [0.25, 0.3) is 0 Å². The van der Waals surface area contributed by atoms with E-state index in [1.807, 2.05) is 12.1 Å².